The highest BCUT2D eigenvalue weighted by Crippen LogP contribution is 2.28. The van der Waals surface area contributed by atoms with E-state index in [2.05, 4.69) is 55.7 Å². The highest BCUT2D eigenvalue weighted by atomic mass is 15.3. The first-order valence-corrected chi connectivity index (χ1v) is 8.03. The normalized spacial score (nSPS) is 11.0. The van der Waals surface area contributed by atoms with Crippen LogP contribution < -0.4 is 5.32 Å². The van der Waals surface area contributed by atoms with Gasteiger partial charge < -0.3 is 5.32 Å². The number of anilines is 1. The van der Waals surface area contributed by atoms with E-state index in [0.29, 0.717) is 22.7 Å². The predicted octanol–water partition coefficient (Wildman–Crippen LogP) is 2.29. The van der Waals surface area contributed by atoms with Gasteiger partial charge >= 0.3 is 0 Å². The van der Waals surface area contributed by atoms with Crippen LogP contribution in [0.25, 0.3) is 28.1 Å². The smallest absolute Gasteiger partial charge is 0.164 e. The van der Waals surface area contributed by atoms with Gasteiger partial charge in [0.1, 0.15) is 11.8 Å². The second kappa shape index (κ2) is 6.25. The number of fused-ring (bicyclic) bond motifs is 1. The molecule has 0 amide bonds. The zero-order valence-electron chi connectivity index (χ0n) is 14.2. The fourth-order valence-corrected chi connectivity index (χ4v) is 2.68. The van der Waals surface area contributed by atoms with Crippen LogP contribution in [0.15, 0.2) is 36.9 Å². The summed E-state index contributed by atoms with van der Waals surface area (Å²) in [6.45, 7) is 4.11. The Kier molecular flexibility index (Phi) is 3.78. The van der Waals surface area contributed by atoms with Crippen molar-refractivity contribution >= 4 is 16.7 Å². The second-order valence-electron chi connectivity index (χ2n) is 6.05. The molecule has 0 saturated heterocycles. The lowest BCUT2D eigenvalue weighted by Crippen LogP contribution is -2.12. The number of nitrogens with zero attached hydrogens (tertiary/aromatic N) is 7. The summed E-state index contributed by atoms with van der Waals surface area (Å²) in [5, 5.41) is 28.1. The van der Waals surface area contributed by atoms with Gasteiger partial charge in [-0.25, -0.2) is 9.97 Å². The number of hydrogen-bond acceptors (Lipinski definition) is 7. The second-order valence-corrected chi connectivity index (χ2v) is 6.05. The Hall–Kier alpha value is -3.80. The topological polar surface area (TPSA) is 121 Å². The largest absolute Gasteiger partial charge is 0.382 e. The van der Waals surface area contributed by atoms with Crippen LogP contribution in [0.4, 0.5) is 5.69 Å². The molecule has 0 aliphatic rings. The van der Waals surface area contributed by atoms with E-state index in [4.69, 9.17) is 5.26 Å². The van der Waals surface area contributed by atoms with Crippen LogP contribution in [-0.2, 0) is 0 Å². The summed E-state index contributed by atoms with van der Waals surface area (Å²) in [6.07, 6.45) is 6.65. The molecule has 0 aromatic carbocycles. The van der Waals surface area contributed by atoms with E-state index in [1.165, 1.54) is 6.20 Å². The van der Waals surface area contributed by atoms with Crippen molar-refractivity contribution in [1.29, 1.82) is 5.26 Å². The molecule has 0 saturated carbocycles. The first-order chi connectivity index (χ1) is 12.7. The highest BCUT2D eigenvalue weighted by molar-refractivity contribution is 5.79. The van der Waals surface area contributed by atoms with E-state index < -0.39 is 0 Å². The van der Waals surface area contributed by atoms with Crippen LogP contribution in [0.5, 0.6) is 0 Å². The van der Waals surface area contributed by atoms with Crippen molar-refractivity contribution < 1.29 is 0 Å². The van der Waals surface area contributed by atoms with Crippen LogP contribution in [-0.4, -0.2) is 41.2 Å². The first-order valence-electron chi connectivity index (χ1n) is 8.03. The minimum absolute atomic E-state index is 0.224. The van der Waals surface area contributed by atoms with Crippen LogP contribution >= 0.6 is 0 Å². The fraction of sp³-hybridized carbons (Fsp3) is 0.176. The molecule has 0 aliphatic heterocycles. The van der Waals surface area contributed by atoms with Crippen molar-refractivity contribution in [2.24, 2.45) is 0 Å². The minimum Gasteiger partial charge on any atom is -0.382 e. The maximum absolute atomic E-state index is 9.01. The summed E-state index contributed by atoms with van der Waals surface area (Å²) in [5.41, 5.74) is 3.55. The number of nitriles is 1. The molecule has 0 aliphatic carbocycles. The van der Waals surface area contributed by atoms with Crippen molar-refractivity contribution in [3.63, 3.8) is 0 Å². The average molecular weight is 345 g/mol. The number of rotatable bonds is 4. The van der Waals surface area contributed by atoms with Gasteiger partial charge in [-0.05, 0) is 19.9 Å². The van der Waals surface area contributed by atoms with Crippen LogP contribution in [0, 0.1) is 11.3 Å². The number of nitrogens with one attached hydrogen (secondary N) is 2. The van der Waals surface area contributed by atoms with Crippen molar-refractivity contribution in [3.05, 3.63) is 42.5 Å². The Morgan fingerprint density at radius 1 is 1.19 bits per heavy atom. The highest BCUT2D eigenvalue weighted by Gasteiger charge is 2.14. The molecule has 4 aromatic heterocycles. The number of hydrogen-bond donors (Lipinski definition) is 2. The predicted molar refractivity (Wildman–Crippen MR) is 95.5 cm³/mol. The molecule has 9 heteroatoms. The van der Waals surface area contributed by atoms with Crippen molar-refractivity contribution in [3.8, 4) is 23.1 Å². The molecule has 0 bridgehead atoms. The third-order valence-corrected chi connectivity index (χ3v) is 3.78. The number of pyridine rings is 2. The molecule has 0 unspecified atom stereocenters. The third kappa shape index (κ3) is 2.73. The van der Waals surface area contributed by atoms with Gasteiger partial charge in [-0.2, -0.15) is 15.0 Å². The lowest BCUT2D eigenvalue weighted by atomic mass is 10.1. The van der Waals surface area contributed by atoms with Gasteiger partial charge in [-0.15, -0.1) is 5.10 Å². The molecule has 2 N–H and O–H groups in total. The molecular formula is C17H15N9. The molecule has 4 rings (SSSR count). The molecule has 128 valence electrons. The lowest BCUT2D eigenvalue weighted by Gasteiger charge is -2.14. The van der Waals surface area contributed by atoms with E-state index in [-0.39, 0.29) is 6.04 Å². The fourth-order valence-electron chi connectivity index (χ4n) is 2.68. The van der Waals surface area contributed by atoms with Crippen LogP contribution in [0.1, 0.15) is 19.4 Å². The maximum Gasteiger partial charge on any atom is 0.164 e. The van der Waals surface area contributed by atoms with Crippen LogP contribution in [0.2, 0.25) is 0 Å². The van der Waals surface area contributed by atoms with E-state index >= 15 is 0 Å². The Morgan fingerprint density at radius 3 is 2.81 bits per heavy atom. The molecule has 26 heavy (non-hydrogen) atoms. The molecular weight excluding hydrogens is 330 g/mol. The average Bonchev–Trinajstić information content (AvgIpc) is 3.30. The summed E-state index contributed by atoms with van der Waals surface area (Å²) in [7, 11) is 0. The SMILES string of the molecule is CC(C)Nc1cc(-n2ncc3cc(C#N)cnc32)ncc1-c1c[nH]nn1. The minimum atomic E-state index is 0.224. The summed E-state index contributed by atoms with van der Waals surface area (Å²) in [6, 6.07) is 5.96. The zero-order valence-corrected chi connectivity index (χ0v) is 14.2. The number of aromatic amines is 1. The first kappa shape index (κ1) is 15.7. The van der Waals surface area contributed by atoms with Gasteiger partial charge in [0.25, 0.3) is 0 Å². The van der Waals surface area contributed by atoms with Gasteiger partial charge in [0, 0.05) is 41.1 Å². The maximum atomic E-state index is 9.01. The Morgan fingerprint density at radius 2 is 2.08 bits per heavy atom. The molecule has 0 atom stereocenters. The van der Waals surface area contributed by atoms with E-state index in [0.717, 1.165) is 16.6 Å². The van der Waals surface area contributed by atoms with Crippen molar-refractivity contribution in [2.45, 2.75) is 19.9 Å². The van der Waals surface area contributed by atoms with Gasteiger partial charge in [0.2, 0.25) is 0 Å². The van der Waals surface area contributed by atoms with Crippen molar-refractivity contribution in [2.75, 3.05) is 5.32 Å². The van der Waals surface area contributed by atoms with E-state index in [1.54, 1.807) is 29.3 Å². The summed E-state index contributed by atoms with van der Waals surface area (Å²) < 4.78 is 1.65. The molecule has 0 spiro atoms. The number of H-pyrrole nitrogens is 1. The molecule has 4 aromatic rings. The monoisotopic (exact) mass is 345 g/mol. The van der Waals surface area contributed by atoms with E-state index in [1.807, 2.05) is 6.07 Å². The molecule has 4 heterocycles. The summed E-state index contributed by atoms with van der Waals surface area (Å²) >= 11 is 0. The quantitative estimate of drug-likeness (QED) is 0.582. The number of aromatic nitrogens is 7. The zero-order chi connectivity index (χ0) is 18.1. The Labute approximate surface area is 148 Å². The van der Waals surface area contributed by atoms with Gasteiger partial charge in [-0.1, -0.05) is 5.21 Å². The third-order valence-electron chi connectivity index (χ3n) is 3.78. The van der Waals surface area contributed by atoms with Crippen LogP contribution in [0.3, 0.4) is 0 Å². The van der Waals surface area contributed by atoms with Gasteiger partial charge in [-0.3, -0.25) is 5.10 Å². The summed E-state index contributed by atoms with van der Waals surface area (Å²) in [4.78, 5) is 8.85. The molecule has 9 nitrogen and oxygen atoms in total. The van der Waals surface area contributed by atoms with Crippen molar-refractivity contribution in [1.82, 2.24) is 35.2 Å². The summed E-state index contributed by atoms with van der Waals surface area (Å²) in [5.74, 6) is 0.618. The molecule has 0 fully saturated rings. The standard InChI is InChI=1S/C17H15N9/c1-10(2)23-14-4-16(19-8-13(14)15-9-21-25-24-15)26-17-12(7-22-26)3-11(5-18)6-20-17/h3-4,6-10H,1-2H3,(H,19,23)(H,21,24,25). The van der Waals surface area contributed by atoms with Gasteiger partial charge in [0.15, 0.2) is 11.5 Å². The molecule has 0 radical (unpaired) electrons. The Bertz CT molecular complexity index is 1100. The van der Waals surface area contributed by atoms with E-state index in [9.17, 15) is 0 Å². The Balaban J connectivity index is 1.84. The lowest BCUT2D eigenvalue weighted by molar-refractivity contribution is 0.857. The van der Waals surface area contributed by atoms with Gasteiger partial charge in [0.05, 0.1) is 18.0 Å².